The summed E-state index contributed by atoms with van der Waals surface area (Å²) in [5.74, 6) is 0.214. The molecule has 0 aromatic heterocycles. The standard InChI is InChI=1S/C27H41F3N2O3/c1-5-11-26(19(2)3,12-6-13-31-23-10-15-35-18-24(23)34-4)25(33)32-14-9-20-7-8-22(27(28,29)30)16-21(20)17-32/h7-8,16,19,23-24,31H,5-6,9-15,17-18H2,1-4H3. The quantitative estimate of drug-likeness (QED) is 0.450. The van der Waals surface area contributed by atoms with E-state index < -0.39 is 17.2 Å². The first kappa shape index (κ1) is 27.9. The number of alkyl halides is 3. The van der Waals surface area contributed by atoms with Gasteiger partial charge < -0.3 is 19.7 Å². The minimum atomic E-state index is -4.38. The van der Waals surface area contributed by atoms with Gasteiger partial charge in [0.05, 0.1) is 23.7 Å². The van der Waals surface area contributed by atoms with E-state index in [2.05, 4.69) is 26.1 Å². The number of hydrogen-bond acceptors (Lipinski definition) is 4. The molecule has 5 nitrogen and oxygen atoms in total. The second-order valence-electron chi connectivity index (χ2n) is 10.3. The average Bonchev–Trinajstić information content (AvgIpc) is 2.84. The van der Waals surface area contributed by atoms with Crippen molar-refractivity contribution >= 4 is 5.91 Å². The number of ether oxygens (including phenoxy) is 2. The highest BCUT2D eigenvalue weighted by atomic mass is 19.4. The molecular weight excluding hydrogens is 457 g/mol. The van der Waals surface area contributed by atoms with Gasteiger partial charge in [-0.05, 0) is 67.8 Å². The van der Waals surface area contributed by atoms with Gasteiger partial charge in [-0.25, -0.2) is 0 Å². The Hall–Kier alpha value is -1.64. The Labute approximate surface area is 207 Å². The molecule has 2 aliphatic rings. The first-order valence-corrected chi connectivity index (χ1v) is 12.9. The highest BCUT2D eigenvalue weighted by Gasteiger charge is 2.43. The predicted molar refractivity (Wildman–Crippen MR) is 130 cm³/mol. The molecule has 2 heterocycles. The Morgan fingerprint density at radius 2 is 2.03 bits per heavy atom. The van der Waals surface area contributed by atoms with Gasteiger partial charge in [-0.2, -0.15) is 13.2 Å². The summed E-state index contributed by atoms with van der Waals surface area (Å²) in [7, 11) is 1.70. The second-order valence-corrected chi connectivity index (χ2v) is 10.3. The van der Waals surface area contributed by atoms with Crippen molar-refractivity contribution in [3.63, 3.8) is 0 Å². The molecule has 35 heavy (non-hydrogen) atoms. The lowest BCUT2D eigenvalue weighted by Crippen LogP contribution is -2.50. The molecule has 0 saturated carbocycles. The van der Waals surface area contributed by atoms with Crippen LogP contribution in [0.2, 0.25) is 0 Å². The Balaban J connectivity index is 1.70. The molecule has 3 atom stereocenters. The summed E-state index contributed by atoms with van der Waals surface area (Å²) in [6.45, 7) is 9.17. The average molecular weight is 499 g/mol. The van der Waals surface area contributed by atoms with Gasteiger partial charge in [0.2, 0.25) is 5.91 Å². The van der Waals surface area contributed by atoms with Crippen molar-refractivity contribution in [1.29, 1.82) is 0 Å². The van der Waals surface area contributed by atoms with E-state index in [1.807, 2.05) is 0 Å². The molecular formula is C27H41F3N2O3. The summed E-state index contributed by atoms with van der Waals surface area (Å²) >= 11 is 0. The third-order valence-corrected chi connectivity index (χ3v) is 7.87. The van der Waals surface area contributed by atoms with Crippen LogP contribution in [0.25, 0.3) is 0 Å². The van der Waals surface area contributed by atoms with Crippen LogP contribution in [0.3, 0.4) is 0 Å². The third-order valence-electron chi connectivity index (χ3n) is 7.87. The van der Waals surface area contributed by atoms with Gasteiger partial charge in [0.1, 0.15) is 0 Å². The molecule has 198 valence electrons. The van der Waals surface area contributed by atoms with Crippen molar-refractivity contribution in [3.8, 4) is 0 Å². The van der Waals surface area contributed by atoms with Crippen LogP contribution in [0.1, 0.15) is 69.6 Å². The second kappa shape index (κ2) is 12.1. The van der Waals surface area contributed by atoms with E-state index in [0.717, 1.165) is 50.3 Å². The molecule has 0 bridgehead atoms. The summed E-state index contributed by atoms with van der Waals surface area (Å²) in [6.07, 6.45) is 0.380. The molecule has 1 fully saturated rings. The molecule has 2 aliphatic heterocycles. The first-order chi connectivity index (χ1) is 16.6. The van der Waals surface area contributed by atoms with E-state index in [4.69, 9.17) is 9.47 Å². The van der Waals surface area contributed by atoms with Crippen molar-refractivity contribution in [3.05, 3.63) is 34.9 Å². The summed E-state index contributed by atoms with van der Waals surface area (Å²) in [5, 5.41) is 3.59. The third kappa shape index (κ3) is 6.57. The Morgan fingerprint density at radius 3 is 2.69 bits per heavy atom. The molecule has 0 aliphatic carbocycles. The zero-order valence-electron chi connectivity index (χ0n) is 21.5. The molecule has 0 spiro atoms. The van der Waals surface area contributed by atoms with Gasteiger partial charge in [0, 0.05) is 32.8 Å². The maximum absolute atomic E-state index is 14.0. The number of hydrogen-bond donors (Lipinski definition) is 1. The number of fused-ring (bicyclic) bond motifs is 1. The van der Waals surface area contributed by atoms with Gasteiger partial charge in [-0.3, -0.25) is 4.79 Å². The number of benzene rings is 1. The highest BCUT2D eigenvalue weighted by Crippen LogP contribution is 2.41. The predicted octanol–water partition coefficient (Wildman–Crippen LogP) is 5.21. The van der Waals surface area contributed by atoms with Gasteiger partial charge in [0.25, 0.3) is 0 Å². The molecule has 1 aromatic rings. The Kier molecular flexibility index (Phi) is 9.63. The van der Waals surface area contributed by atoms with Crippen LogP contribution in [0, 0.1) is 11.3 Å². The number of amides is 1. The number of nitrogens with zero attached hydrogens (tertiary/aromatic N) is 1. The monoisotopic (exact) mass is 498 g/mol. The van der Waals surface area contributed by atoms with Crippen LogP contribution in [-0.4, -0.2) is 56.4 Å². The van der Waals surface area contributed by atoms with Crippen molar-refractivity contribution in [2.75, 3.05) is 33.4 Å². The van der Waals surface area contributed by atoms with Crippen molar-refractivity contribution < 1.29 is 27.4 Å². The molecule has 3 rings (SSSR count). The van der Waals surface area contributed by atoms with E-state index in [1.54, 1.807) is 18.1 Å². The fourth-order valence-corrected chi connectivity index (χ4v) is 5.70. The van der Waals surface area contributed by atoms with E-state index in [1.165, 1.54) is 6.07 Å². The zero-order chi connectivity index (χ0) is 25.6. The maximum Gasteiger partial charge on any atom is 0.416 e. The van der Waals surface area contributed by atoms with Crippen LogP contribution in [0.5, 0.6) is 0 Å². The van der Waals surface area contributed by atoms with Gasteiger partial charge in [-0.15, -0.1) is 0 Å². The maximum atomic E-state index is 14.0. The summed E-state index contributed by atoms with van der Waals surface area (Å²) in [4.78, 5) is 15.8. The molecule has 8 heteroatoms. The highest BCUT2D eigenvalue weighted by molar-refractivity contribution is 5.83. The van der Waals surface area contributed by atoms with Crippen LogP contribution >= 0.6 is 0 Å². The number of methoxy groups -OCH3 is 1. The fraction of sp³-hybridized carbons (Fsp3) is 0.741. The zero-order valence-corrected chi connectivity index (χ0v) is 21.5. The lowest BCUT2D eigenvalue weighted by molar-refractivity contribution is -0.147. The van der Waals surface area contributed by atoms with E-state index in [9.17, 15) is 18.0 Å². The molecule has 3 unspecified atom stereocenters. The lowest BCUT2D eigenvalue weighted by Gasteiger charge is -2.42. The van der Waals surface area contributed by atoms with E-state index in [0.29, 0.717) is 31.7 Å². The normalized spacial score (nSPS) is 22.7. The summed E-state index contributed by atoms with van der Waals surface area (Å²) in [5.41, 5.74) is 0.343. The Bertz CT molecular complexity index is 845. The Morgan fingerprint density at radius 1 is 1.26 bits per heavy atom. The topological polar surface area (TPSA) is 50.8 Å². The van der Waals surface area contributed by atoms with Crippen LogP contribution in [-0.2, 0) is 33.4 Å². The molecule has 0 radical (unpaired) electrons. The largest absolute Gasteiger partial charge is 0.416 e. The van der Waals surface area contributed by atoms with Crippen LogP contribution < -0.4 is 5.32 Å². The summed E-state index contributed by atoms with van der Waals surface area (Å²) in [6, 6.07) is 4.17. The fourth-order valence-electron chi connectivity index (χ4n) is 5.70. The van der Waals surface area contributed by atoms with Crippen molar-refractivity contribution in [1.82, 2.24) is 10.2 Å². The van der Waals surface area contributed by atoms with E-state index >= 15 is 0 Å². The van der Waals surface area contributed by atoms with Crippen LogP contribution in [0.4, 0.5) is 13.2 Å². The SMILES string of the molecule is CCCC(CCCNC1CCOCC1OC)(C(=O)N1CCc2ccc(C(F)(F)F)cc2C1)C(C)C. The smallest absolute Gasteiger partial charge is 0.379 e. The van der Waals surface area contributed by atoms with Gasteiger partial charge in [-0.1, -0.05) is 33.3 Å². The molecule has 1 N–H and O–H groups in total. The number of halogens is 3. The molecule has 1 saturated heterocycles. The van der Waals surface area contributed by atoms with Gasteiger partial charge >= 0.3 is 6.18 Å². The number of carbonyl (C=O) groups excluding carboxylic acids is 1. The first-order valence-electron chi connectivity index (χ1n) is 12.9. The van der Waals surface area contributed by atoms with E-state index in [-0.39, 0.29) is 30.5 Å². The molecule has 1 aromatic carbocycles. The lowest BCUT2D eigenvalue weighted by atomic mass is 9.69. The summed E-state index contributed by atoms with van der Waals surface area (Å²) < 4.78 is 50.8. The van der Waals surface area contributed by atoms with Gasteiger partial charge in [0.15, 0.2) is 0 Å². The van der Waals surface area contributed by atoms with Crippen LogP contribution in [0.15, 0.2) is 18.2 Å². The molecule has 1 amide bonds. The van der Waals surface area contributed by atoms with Crippen molar-refractivity contribution in [2.24, 2.45) is 11.3 Å². The number of rotatable bonds is 10. The number of nitrogens with one attached hydrogen (secondary N) is 1. The number of carbonyl (C=O) groups is 1. The minimum Gasteiger partial charge on any atom is -0.379 e. The van der Waals surface area contributed by atoms with Crippen molar-refractivity contribution in [2.45, 2.75) is 84.2 Å². The minimum absolute atomic E-state index is 0.0332.